The second-order valence-electron chi connectivity index (χ2n) is 4.70. The average molecular weight is 274 g/mol. The molecule has 1 heterocycles. The van der Waals surface area contributed by atoms with Crippen LogP contribution in [0.2, 0.25) is 0 Å². The van der Waals surface area contributed by atoms with E-state index in [9.17, 15) is 4.79 Å². The molecule has 2 rings (SSSR count). The van der Waals surface area contributed by atoms with E-state index in [0.717, 1.165) is 12.0 Å². The minimum Gasteiger partial charge on any atom is -0.493 e. The maximum Gasteiger partial charge on any atom is 0.162 e. The van der Waals surface area contributed by atoms with Crippen LogP contribution in [0.4, 0.5) is 0 Å². The Hall–Kier alpha value is -2.30. The summed E-state index contributed by atoms with van der Waals surface area (Å²) in [6.07, 6.45) is 2.70. The lowest BCUT2D eigenvalue weighted by molar-refractivity contribution is 0.112. The van der Waals surface area contributed by atoms with Gasteiger partial charge in [-0.05, 0) is 38.1 Å². The summed E-state index contributed by atoms with van der Waals surface area (Å²) in [5.41, 5.74) is 1.38. The van der Waals surface area contributed by atoms with Crippen molar-refractivity contribution in [1.29, 1.82) is 0 Å². The maximum absolute atomic E-state index is 10.8. The number of nitrogens with zero attached hydrogens (tertiary/aromatic N) is 2. The molecule has 5 heteroatoms. The van der Waals surface area contributed by atoms with Crippen LogP contribution in [0.5, 0.6) is 11.5 Å². The summed E-state index contributed by atoms with van der Waals surface area (Å²) < 4.78 is 12.8. The van der Waals surface area contributed by atoms with Gasteiger partial charge >= 0.3 is 0 Å². The topological polar surface area (TPSA) is 53.4 Å². The highest BCUT2D eigenvalue weighted by Gasteiger charge is 2.08. The van der Waals surface area contributed by atoms with Crippen molar-refractivity contribution in [2.24, 2.45) is 0 Å². The average Bonchev–Trinajstić information content (AvgIpc) is 2.93. The van der Waals surface area contributed by atoms with Crippen molar-refractivity contribution in [3.8, 4) is 11.5 Å². The van der Waals surface area contributed by atoms with Gasteiger partial charge in [-0.1, -0.05) is 0 Å². The summed E-state index contributed by atoms with van der Waals surface area (Å²) in [7, 11) is 1.57. The molecule has 1 aromatic heterocycles. The SMILES string of the molecule is COc1ccc(C=O)cc1OCc1ccn(C(C)C)n1. The molecule has 5 nitrogen and oxygen atoms in total. The van der Waals surface area contributed by atoms with Crippen molar-refractivity contribution < 1.29 is 14.3 Å². The lowest BCUT2D eigenvalue weighted by Gasteiger charge is -2.10. The highest BCUT2D eigenvalue weighted by atomic mass is 16.5. The number of aromatic nitrogens is 2. The van der Waals surface area contributed by atoms with Gasteiger partial charge in [-0.25, -0.2) is 0 Å². The molecule has 0 saturated carbocycles. The van der Waals surface area contributed by atoms with Gasteiger partial charge in [0.1, 0.15) is 12.9 Å². The van der Waals surface area contributed by atoms with E-state index in [1.54, 1.807) is 25.3 Å². The number of hydrogen-bond acceptors (Lipinski definition) is 4. The fourth-order valence-electron chi connectivity index (χ4n) is 1.77. The molecule has 0 radical (unpaired) electrons. The van der Waals surface area contributed by atoms with Gasteiger partial charge < -0.3 is 9.47 Å². The van der Waals surface area contributed by atoms with Crippen LogP contribution in [0.1, 0.15) is 35.9 Å². The normalized spacial score (nSPS) is 10.6. The predicted octanol–water partition coefficient (Wildman–Crippen LogP) is 2.86. The summed E-state index contributed by atoms with van der Waals surface area (Å²) in [6.45, 7) is 4.46. The van der Waals surface area contributed by atoms with Crippen molar-refractivity contribution in [3.05, 3.63) is 41.7 Å². The first-order valence-corrected chi connectivity index (χ1v) is 6.44. The van der Waals surface area contributed by atoms with Crippen LogP contribution in [-0.4, -0.2) is 23.2 Å². The number of ether oxygens (including phenoxy) is 2. The van der Waals surface area contributed by atoms with Crippen LogP contribution in [0.3, 0.4) is 0 Å². The molecule has 0 amide bonds. The van der Waals surface area contributed by atoms with Crippen LogP contribution < -0.4 is 9.47 Å². The van der Waals surface area contributed by atoms with Crippen molar-refractivity contribution >= 4 is 6.29 Å². The Morgan fingerprint density at radius 2 is 2.10 bits per heavy atom. The molecule has 0 bridgehead atoms. The molecule has 0 aliphatic rings. The molecule has 0 aliphatic heterocycles. The molecule has 0 aliphatic carbocycles. The zero-order valence-corrected chi connectivity index (χ0v) is 11.9. The number of methoxy groups -OCH3 is 1. The third-order valence-electron chi connectivity index (χ3n) is 2.89. The van der Waals surface area contributed by atoms with E-state index in [4.69, 9.17) is 9.47 Å². The molecular formula is C15H18N2O3. The smallest absolute Gasteiger partial charge is 0.162 e. The second kappa shape index (κ2) is 6.23. The van der Waals surface area contributed by atoms with Crippen LogP contribution >= 0.6 is 0 Å². The second-order valence-corrected chi connectivity index (χ2v) is 4.70. The highest BCUT2D eigenvalue weighted by molar-refractivity contribution is 5.76. The fourth-order valence-corrected chi connectivity index (χ4v) is 1.77. The van der Waals surface area contributed by atoms with Gasteiger partial charge in [0.25, 0.3) is 0 Å². The first kappa shape index (κ1) is 14.1. The maximum atomic E-state index is 10.8. The number of aldehydes is 1. The molecule has 0 saturated heterocycles. The minimum absolute atomic E-state index is 0.316. The summed E-state index contributed by atoms with van der Waals surface area (Å²) in [4.78, 5) is 10.8. The quantitative estimate of drug-likeness (QED) is 0.760. The molecule has 106 valence electrons. The number of rotatable bonds is 6. The third kappa shape index (κ3) is 3.17. The molecule has 0 fully saturated rings. The lowest BCUT2D eigenvalue weighted by Crippen LogP contribution is -2.04. The summed E-state index contributed by atoms with van der Waals surface area (Å²) in [5.74, 6) is 1.13. The van der Waals surface area contributed by atoms with Crippen LogP contribution in [0, 0.1) is 0 Å². The summed E-state index contributed by atoms with van der Waals surface area (Å²) >= 11 is 0. The molecule has 1 aromatic carbocycles. The van der Waals surface area contributed by atoms with Crippen LogP contribution in [-0.2, 0) is 6.61 Å². The molecular weight excluding hydrogens is 256 g/mol. The van der Waals surface area contributed by atoms with Gasteiger partial charge in [0.05, 0.1) is 12.8 Å². The molecule has 0 atom stereocenters. The Labute approximate surface area is 118 Å². The van der Waals surface area contributed by atoms with Crippen molar-refractivity contribution in [1.82, 2.24) is 9.78 Å². The third-order valence-corrected chi connectivity index (χ3v) is 2.89. The summed E-state index contributed by atoms with van der Waals surface area (Å²) in [6, 6.07) is 7.29. The number of carbonyl (C=O) groups is 1. The minimum atomic E-state index is 0.316. The predicted molar refractivity (Wildman–Crippen MR) is 75.3 cm³/mol. The zero-order valence-electron chi connectivity index (χ0n) is 11.9. The molecule has 20 heavy (non-hydrogen) atoms. The molecule has 0 unspecified atom stereocenters. The van der Waals surface area contributed by atoms with Gasteiger partial charge in [-0.15, -0.1) is 0 Å². The van der Waals surface area contributed by atoms with Gasteiger partial charge in [-0.2, -0.15) is 5.10 Å². The van der Waals surface area contributed by atoms with E-state index in [1.807, 2.05) is 16.9 Å². The number of benzene rings is 1. The van der Waals surface area contributed by atoms with Crippen LogP contribution in [0.15, 0.2) is 30.5 Å². The van der Waals surface area contributed by atoms with E-state index in [0.29, 0.717) is 29.7 Å². The van der Waals surface area contributed by atoms with Crippen molar-refractivity contribution in [3.63, 3.8) is 0 Å². The zero-order chi connectivity index (χ0) is 14.5. The lowest BCUT2D eigenvalue weighted by atomic mass is 10.2. The molecule has 2 aromatic rings. The van der Waals surface area contributed by atoms with Gasteiger partial charge in [-0.3, -0.25) is 9.48 Å². The molecule has 0 N–H and O–H groups in total. The van der Waals surface area contributed by atoms with Gasteiger partial charge in [0.15, 0.2) is 11.5 Å². The van der Waals surface area contributed by atoms with Gasteiger partial charge in [0, 0.05) is 17.8 Å². The van der Waals surface area contributed by atoms with E-state index >= 15 is 0 Å². The van der Waals surface area contributed by atoms with Crippen LogP contribution in [0.25, 0.3) is 0 Å². The monoisotopic (exact) mass is 274 g/mol. The van der Waals surface area contributed by atoms with Crippen molar-refractivity contribution in [2.45, 2.75) is 26.5 Å². The van der Waals surface area contributed by atoms with E-state index in [-0.39, 0.29) is 0 Å². The van der Waals surface area contributed by atoms with Gasteiger partial charge in [0.2, 0.25) is 0 Å². The van der Waals surface area contributed by atoms with E-state index < -0.39 is 0 Å². The Morgan fingerprint density at radius 1 is 1.30 bits per heavy atom. The number of carbonyl (C=O) groups excluding carboxylic acids is 1. The van der Waals surface area contributed by atoms with E-state index in [1.165, 1.54) is 0 Å². The van der Waals surface area contributed by atoms with Crippen molar-refractivity contribution in [2.75, 3.05) is 7.11 Å². The first-order valence-electron chi connectivity index (χ1n) is 6.44. The summed E-state index contributed by atoms with van der Waals surface area (Å²) in [5, 5.41) is 4.40. The highest BCUT2D eigenvalue weighted by Crippen LogP contribution is 2.28. The Balaban J connectivity index is 2.10. The Kier molecular flexibility index (Phi) is 4.40. The Bertz CT molecular complexity index is 591. The standard InChI is InChI=1S/C15H18N2O3/c1-11(2)17-7-6-13(16-17)10-20-15-8-12(9-18)4-5-14(15)19-3/h4-9,11H,10H2,1-3H3. The number of hydrogen-bond donors (Lipinski definition) is 0. The first-order chi connectivity index (χ1) is 9.63. The largest absolute Gasteiger partial charge is 0.493 e. The van der Waals surface area contributed by atoms with E-state index in [2.05, 4.69) is 18.9 Å². The Morgan fingerprint density at radius 3 is 2.70 bits per heavy atom. The molecule has 0 spiro atoms. The fraction of sp³-hybridized carbons (Fsp3) is 0.333.